The Balaban J connectivity index is 1.66. The minimum absolute atomic E-state index is 0.504. The predicted molar refractivity (Wildman–Crippen MR) is 81.7 cm³/mol. The molecule has 2 aromatic rings. The molecule has 0 bridgehead atoms. The van der Waals surface area contributed by atoms with E-state index in [1.807, 2.05) is 6.92 Å². The number of nitrogens with zero attached hydrogens (tertiary/aromatic N) is 1. The zero-order valence-electron chi connectivity index (χ0n) is 12.2. The first kappa shape index (κ1) is 13.5. The van der Waals surface area contributed by atoms with Crippen LogP contribution in [0.25, 0.3) is 10.9 Å². The Hall–Kier alpha value is -1.45. The van der Waals surface area contributed by atoms with Gasteiger partial charge in [-0.3, -0.25) is 4.98 Å². The normalized spacial score (nSPS) is 20.4. The SMILES string of the molecule is Cc1ccc2cc(CN[C@@H](C)[C@@H]3CCOC3)ccc2n1. The Kier molecular flexibility index (Phi) is 3.99. The van der Waals surface area contributed by atoms with Crippen LogP contribution in [0.15, 0.2) is 30.3 Å². The number of pyridine rings is 1. The second-order valence-corrected chi connectivity index (χ2v) is 5.77. The van der Waals surface area contributed by atoms with Crippen molar-refractivity contribution in [2.75, 3.05) is 13.2 Å². The molecular weight excluding hydrogens is 248 g/mol. The molecule has 3 heteroatoms. The summed E-state index contributed by atoms with van der Waals surface area (Å²) in [6.07, 6.45) is 1.18. The van der Waals surface area contributed by atoms with Gasteiger partial charge in [-0.2, -0.15) is 0 Å². The van der Waals surface area contributed by atoms with E-state index >= 15 is 0 Å². The highest BCUT2D eigenvalue weighted by Crippen LogP contribution is 2.18. The van der Waals surface area contributed by atoms with Crippen molar-refractivity contribution in [1.29, 1.82) is 0 Å². The second-order valence-electron chi connectivity index (χ2n) is 5.77. The first-order valence-electron chi connectivity index (χ1n) is 7.40. The van der Waals surface area contributed by atoms with Crippen molar-refractivity contribution < 1.29 is 4.74 Å². The number of ether oxygens (including phenoxy) is 1. The van der Waals surface area contributed by atoms with Crippen LogP contribution in [0.4, 0.5) is 0 Å². The summed E-state index contributed by atoms with van der Waals surface area (Å²) in [6, 6.07) is 11.2. The van der Waals surface area contributed by atoms with Crippen LogP contribution in [0.3, 0.4) is 0 Å². The zero-order valence-corrected chi connectivity index (χ0v) is 12.2. The lowest BCUT2D eigenvalue weighted by atomic mass is 10.0. The highest BCUT2D eigenvalue weighted by atomic mass is 16.5. The quantitative estimate of drug-likeness (QED) is 0.927. The standard InChI is InChI=1S/C17H22N2O/c1-12-3-5-15-9-14(4-6-17(15)19-12)10-18-13(2)16-7-8-20-11-16/h3-6,9,13,16,18H,7-8,10-11H2,1-2H3/t13-,16+/m0/s1. The molecule has 0 saturated carbocycles. The van der Waals surface area contributed by atoms with Gasteiger partial charge in [-0.15, -0.1) is 0 Å². The molecule has 1 N–H and O–H groups in total. The molecule has 20 heavy (non-hydrogen) atoms. The van der Waals surface area contributed by atoms with Gasteiger partial charge in [0.15, 0.2) is 0 Å². The third kappa shape index (κ3) is 3.00. The summed E-state index contributed by atoms with van der Waals surface area (Å²) in [5.41, 5.74) is 3.46. The van der Waals surface area contributed by atoms with E-state index in [4.69, 9.17) is 4.74 Å². The largest absolute Gasteiger partial charge is 0.381 e. The molecule has 0 spiro atoms. The van der Waals surface area contributed by atoms with Crippen molar-refractivity contribution in [3.63, 3.8) is 0 Å². The maximum Gasteiger partial charge on any atom is 0.0705 e. The van der Waals surface area contributed by atoms with Crippen LogP contribution in [-0.2, 0) is 11.3 Å². The van der Waals surface area contributed by atoms with Gasteiger partial charge in [0.25, 0.3) is 0 Å². The molecule has 1 aliphatic rings. The van der Waals surface area contributed by atoms with E-state index in [-0.39, 0.29) is 0 Å². The Morgan fingerprint density at radius 3 is 3.05 bits per heavy atom. The maximum atomic E-state index is 5.45. The van der Waals surface area contributed by atoms with E-state index in [2.05, 4.69) is 47.6 Å². The molecule has 3 rings (SSSR count). The van der Waals surface area contributed by atoms with Crippen molar-refractivity contribution >= 4 is 10.9 Å². The lowest BCUT2D eigenvalue weighted by molar-refractivity contribution is 0.178. The van der Waals surface area contributed by atoms with Crippen molar-refractivity contribution in [3.05, 3.63) is 41.6 Å². The summed E-state index contributed by atoms with van der Waals surface area (Å²) in [5, 5.41) is 4.83. The number of aromatic nitrogens is 1. The third-order valence-electron chi connectivity index (χ3n) is 4.19. The minimum atomic E-state index is 0.504. The number of hydrogen-bond donors (Lipinski definition) is 1. The first-order valence-corrected chi connectivity index (χ1v) is 7.40. The third-order valence-corrected chi connectivity index (χ3v) is 4.19. The van der Waals surface area contributed by atoms with Gasteiger partial charge in [-0.05, 0) is 49.9 Å². The highest BCUT2D eigenvalue weighted by Gasteiger charge is 2.21. The minimum Gasteiger partial charge on any atom is -0.381 e. The molecule has 1 saturated heterocycles. The van der Waals surface area contributed by atoms with Crippen LogP contribution in [0.1, 0.15) is 24.6 Å². The molecule has 1 aromatic heterocycles. The lowest BCUT2D eigenvalue weighted by Crippen LogP contribution is -2.33. The fourth-order valence-corrected chi connectivity index (χ4v) is 2.78. The molecule has 0 amide bonds. The van der Waals surface area contributed by atoms with Crippen LogP contribution in [-0.4, -0.2) is 24.2 Å². The molecule has 3 nitrogen and oxygen atoms in total. The fourth-order valence-electron chi connectivity index (χ4n) is 2.78. The number of benzene rings is 1. The smallest absolute Gasteiger partial charge is 0.0705 e. The molecule has 2 atom stereocenters. The van der Waals surface area contributed by atoms with E-state index in [0.717, 1.165) is 31.0 Å². The highest BCUT2D eigenvalue weighted by molar-refractivity contribution is 5.79. The Morgan fingerprint density at radius 2 is 2.25 bits per heavy atom. The van der Waals surface area contributed by atoms with E-state index in [9.17, 15) is 0 Å². The molecular formula is C17H22N2O. The number of hydrogen-bond acceptors (Lipinski definition) is 3. The molecule has 1 fully saturated rings. The van der Waals surface area contributed by atoms with E-state index in [1.54, 1.807) is 0 Å². The van der Waals surface area contributed by atoms with E-state index < -0.39 is 0 Å². The number of aryl methyl sites for hydroxylation is 1. The van der Waals surface area contributed by atoms with Crippen LogP contribution in [0.5, 0.6) is 0 Å². The lowest BCUT2D eigenvalue weighted by Gasteiger charge is -2.19. The molecule has 0 radical (unpaired) electrons. The second kappa shape index (κ2) is 5.90. The molecule has 1 aromatic carbocycles. The average molecular weight is 270 g/mol. The first-order chi connectivity index (χ1) is 9.72. The van der Waals surface area contributed by atoms with Crippen LogP contribution in [0, 0.1) is 12.8 Å². The van der Waals surface area contributed by atoms with Gasteiger partial charge < -0.3 is 10.1 Å². The number of rotatable bonds is 4. The van der Waals surface area contributed by atoms with Crippen LogP contribution >= 0.6 is 0 Å². The summed E-state index contributed by atoms with van der Waals surface area (Å²) in [4.78, 5) is 4.54. The van der Waals surface area contributed by atoms with Gasteiger partial charge >= 0.3 is 0 Å². The molecule has 106 valence electrons. The van der Waals surface area contributed by atoms with Gasteiger partial charge in [0, 0.05) is 30.3 Å². The monoisotopic (exact) mass is 270 g/mol. The molecule has 0 unspecified atom stereocenters. The average Bonchev–Trinajstić information content (AvgIpc) is 2.99. The number of fused-ring (bicyclic) bond motifs is 1. The topological polar surface area (TPSA) is 34.1 Å². The Morgan fingerprint density at radius 1 is 1.35 bits per heavy atom. The van der Waals surface area contributed by atoms with E-state index in [0.29, 0.717) is 12.0 Å². The molecule has 0 aliphatic carbocycles. The van der Waals surface area contributed by atoms with Crippen LogP contribution < -0.4 is 5.32 Å². The van der Waals surface area contributed by atoms with Gasteiger partial charge in [0.2, 0.25) is 0 Å². The van der Waals surface area contributed by atoms with Crippen LogP contribution in [0.2, 0.25) is 0 Å². The zero-order chi connectivity index (χ0) is 13.9. The van der Waals surface area contributed by atoms with Gasteiger partial charge in [-0.25, -0.2) is 0 Å². The molecule has 1 aliphatic heterocycles. The van der Waals surface area contributed by atoms with E-state index in [1.165, 1.54) is 17.4 Å². The Bertz CT molecular complexity index is 591. The van der Waals surface area contributed by atoms with Gasteiger partial charge in [0.05, 0.1) is 12.1 Å². The van der Waals surface area contributed by atoms with Crippen molar-refractivity contribution in [2.45, 2.75) is 32.9 Å². The summed E-state index contributed by atoms with van der Waals surface area (Å²) in [5.74, 6) is 0.653. The van der Waals surface area contributed by atoms with Crippen molar-refractivity contribution in [3.8, 4) is 0 Å². The van der Waals surface area contributed by atoms with Crippen molar-refractivity contribution in [1.82, 2.24) is 10.3 Å². The summed E-state index contributed by atoms with van der Waals surface area (Å²) >= 11 is 0. The Labute approximate surface area is 120 Å². The van der Waals surface area contributed by atoms with Gasteiger partial charge in [-0.1, -0.05) is 12.1 Å². The van der Waals surface area contributed by atoms with Crippen molar-refractivity contribution in [2.24, 2.45) is 5.92 Å². The number of nitrogens with one attached hydrogen (secondary N) is 1. The van der Waals surface area contributed by atoms with Gasteiger partial charge in [0.1, 0.15) is 0 Å². The maximum absolute atomic E-state index is 5.45. The fraction of sp³-hybridized carbons (Fsp3) is 0.471. The summed E-state index contributed by atoms with van der Waals surface area (Å²) < 4.78 is 5.45. The summed E-state index contributed by atoms with van der Waals surface area (Å²) in [7, 11) is 0. The predicted octanol–water partition coefficient (Wildman–Crippen LogP) is 3.06. The summed E-state index contributed by atoms with van der Waals surface area (Å²) in [6.45, 7) is 7.00. The molecule has 2 heterocycles.